The Hall–Kier alpha value is -4.72. The number of carbonyl (C=O) groups is 3. The molecular weight excluding hydrogens is 517 g/mol. The molecule has 0 saturated heterocycles. The summed E-state index contributed by atoms with van der Waals surface area (Å²) in [5.74, 6) is -1.09. The van der Waals surface area contributed by atoms with Crippen LogP contribution in [-0.4, -0.2) is 56.9 Å². The normalized spacial score (nSPS) is 11.1. The number of hydrogen-bond acceptors (Lipinski definition) is 8. The van der Waals surface area contributed by atoms with E-state index in [0.717, 1.165) is 10.7 Å². The van der Waals surface area contributed by atoms with Gasteiger partial charge in [-0.1, -0.05) is 0 Å². The number of aromatic nitrogens is 5. The van der Waals surface area contributed by atoms with Crippen LogP contribution in [-0.2, 0) is 17.5 Å². The first kappa shape index (κ1) is 28.8. The first-order chi connectivity index (χ1) is 18.4. The number of alkyl halides is 3. The van der Waals surface area contributed by atoms with Crippen molar-refractivity contribution in [3.63, 3.8) is 0 Å². The summed E-state index contributed by atoms with van der Waals surface area (Å²) >= 11 is 0. The van der Waals surface area contributed by atoms with Crippen LogP contribution in [0.4, 0.5) is 18.9 Å². The predicted octanol–water partition coefficient (Wildman–Crippen LogP) is 2.67. The minimum absolute atomic E-state index is 0.00550. The van der Waals surface area contributed by atoms with Gasteiger partial charge in [0.1, 0.15) is 23.2 Å². The summed E-state index contributed by atoms with van der Waals surface area (Å²) in [4.78, 5) is 49.2. The fraction of sp³-hybridized carbons (Fsp3) is 0.240. The highest BCUT2D eigenvalue weighted by Gasteiger charge is 2.33. The van der Waals surface area contributed by atoms with Crippen molar-refractivity contribution >= 4 is 34.8 Å². The van der Waals surface area contributed by atoms with Crippen molar-refractivity contribution in [3.05, 3.63) is 64.7 Å². The molecule has 204 valence electrons. The molecule has 0 atom stereocenters. The molecule has 0 spiro atoms. The van der Waals surface area contributed by atoms with E-state index in [1.165, 1.54) is 38.2 Å². The second-order valence-corrected chi connectivity index (χ2v) is 8.24. The molecule has 39 heavy (non-hydrogen) atoms. The number of nitrogens with zero attached hydrogens (tertiary/aromatic N) is 6. The molecule has 0 saturated carbocycles. The minimum atomic E-state index is -4.58. The van der Waals surface area contributed by atoms with Crippen molar-refractivity contribution in [2.45, 2.75) is 26.6 Å². The number of fused-ring (bicyclic) bond motifs is 1. The highest BCUT2D eigenvalue weighted by Crippen LogP contribution is 2.31. The zero-order chi connectivity index (χ0) is 29.1. The van der Waals surface area contributed by atoms with Crippen molar-refractivity contribution in [3.8, 4) is 11.4 Å². The van der Waals surface area contributed by atoms with Crippen LogP contribution in [0.25, 0.3) is 22.4 Å². The monoisotopic (exact) mass is 542 g/mol. The number of pyridine rings is 1. The molecule has 0 unspecified atom stereocenters. The predicted molar refractivity (Wildman–Crippen MR) is 137 cm³/mol. The Labute approximate surface area is 220 Å². The van der Waals surface area contributed by atoms with Crippen molar-refractivity contribution in [2.75, 3.05) is 19.0 Å². The zero-order valence-corrected chi connectivity index (χ0v) is 21.4. The Balaban J connectivity index is 0.00000205. The van der Waals surface area contributed by atoms with Crippen LogP contribution in [0, 0.1) is 13.8 Å². The summed E-state index contributed by atoms with van der Waals surface area (Å²) in [6, 6.07) is 7.20. The second kappa shape index (κ2) is 11.3. The lowest BCUT2D eigenvalue weighted by Gasteiger charge is -2.20. The van der Waals surface area contributed by atoms with Gasteiger partial charge in [-0.3, -0.25) is 14.3 Å². The molecule has 1 aromatic carbocycles. The van der Waals surface area contributed by atoms with Gasteiger partial charge in [-0.05, 0) is 56.3 Å². The second-order valence-electron chi connectivity index (χ2n) is 8.24. The molecule has 3 aromatic heterocycles. The number of halogens is 3. The maximum atomic E-state index is 13.2. The van der Waals surface area contributed by atoms with E-state index in [1.807, 2.05) is 0 Å². The molecule has 3 heterocycles. The fourth-order valence-corrected chi connectivity index (χ4v) is 3.84. The number of rotatable bonds is 6. The summed E-state index contributed by atoms with van der Waals surface area (Å²) < 4.78 is 40.3. The highest BCUT2D eigenvalue weighted by atomic mass is 19.4. The molecular formula is C25H25F3N8O3. The number of anilines is 1. The third-order valence-electron chi connectivity index (χ3n) is 5.65. The Morgan fingerprint density at radius 2 is 1.77 bits per heavy atom. The Morgan fingerprint density at radius 1 is 1.08 bits per heavy atom. The van der Waals surface area contributed by atoms with Gasteiger partial charge in [0.05, 0.1) is 18.3 Å². The summed E-state index contributed by atoms with van der Waals surface area (Å²) in [6.07, 6.45) is -2.80. The van der Waals surface area contributed by atoms with Crippen LogP contribution in [0.3, 0.4) is 0 Å². The van der Waals surface area contributed by atoms with Crippen molar-refractivity contribution < 1.29 is 27.6 Å². The average molecular weight is 543 g/mol. The molecule has 2 amide bonds. The number of aryl methyl sites for hydroxylation is 2. The first-order valence-electron chi connectivity index (χ1n) is 11.4. The van der Waals surface area contributed by atoms with Gasteiger partial charge < -0.3 is 21.2 Å². The molecule has 4 N–H and O–H groups in total. The quantitative estimate of drug-likeness (QED) is 0.351. The van der Waals surface area contributed by atoms with Gasteiger partial charge in [-0.15, -0.1) is 0 Å². The number of nitrogens with two attached hydrogens (primary N) is 2. The van der Waals surface area contributed by atoms with Crippen molar-refractivity contribution in [1.29, 1.82) is 0 Å². The van der Waals surface area contributed by atoms with Crippen LogP contribution >= 0.6 is 0 Å². The topological polar surface area (TPSA) is 163 Å². The standard InChI is InChI=1S/C24H20F3N7O3.CH5N/c1-12-8-14(22-29-11-16-20(31-22)13(2)9-19(30-16)24(25,26)27)4-5-17(12)33(3)23(37)18-10-15(21(28)36)32-34(18)6-7-35;1-2/h4-5,7-11H,6H2,1-3H3,(H2,28,36);2H2,1H3. The Morgan fingerprint density at radius 3 is 2.36 bits per heavy atom. The molecule has 0 radical (unpaired) electrons. The lowest BCUT2D eigenvalue weighted by Crippen LogP contribution is -2.29. The molecule has 14 heteroatoms. The van der Waals surface area contributed by atoms with E-state index in [2.05, 4.69) is 25.8 Å². The van der Waals surface area contributed by atoms with Gasteiger partial charge in [0.15, 0.2) is 11.5 Å². The van der Waals surface area contributed by atoms with Crippen LogP contribution in [0.1, 0.15) is 37.8 Å². The maximum absolute atomic E-state index is 13.2. The van der Waals surface area contributed by atoms with E-state index in [0.29, 0.717) is 34.2 Å². The molecule has 0 bridgehead atoms. The summed E-state index contributed by atoms with van der Waals surface area (Å²) in [5, 5.41) is 3.90. The maximum Gasteiger partial charge on any atom is 0.433 e. The Bertz CT molecular complexity index is 1570. The SMILES string of the molecule is CN.Cc1cc(-c2ncc3nc(C(F)(F)F)cc(C)c3n2)ccc1N(C)C(=O)c1cc(C(N)=O)nn1CC=O. The number of benzene rings is 1. The van der Waals surface area contributed by atoms with Gasteiger partial charge in [0.25, 0.3) is 11.8 Å². The lowest BCUT2D eigenvalue weighted by atomic mass is 10.1. The van der Waals surface area contributed by atoms with Crippen LogP contribution in [0.5, 0.6) is 0 Å². The summed E-state index contributed by atoms with van der Waals surface area (Å²) in [6.45, 7) is 3.03. The smallest absolute Gasteiger partial charge is 0.364 e. The molecule has 0 aliphatic heterocycles. The van der Waals surface area contributed by atoms with Crippen molar-refractivity contribution in [2.24, 2.45) is 11.5 Å². The number of aldehydes is 1. The zero-order valence-electron chi connectivity index (χ0n) is 21.4. The van der Waals surface area contributed by atoms with Crippen LogP contribution in [0.2, 0.25) is 0 Å². The van der Waals surface area contributed by atoms with Gasteiger partial charge >= 0.3 is 6.18 Å². The van der Waals surface area contributed by atoms with E-state index in [9.17, 15) is 27.6 Å². The summed E-state index contributed by atoms with van der Waals surface area (Å²) in [5.41, 5.74) is 11.0. The lowest BCUT2D eigenvalue weighted by molar-refractivity contribution is -0.141. The Kier molecular flexibility index (Phi) is 8.39. The highest BCUT2D eigenvalue weighted by molar-refractivity contribution is 6.06. The third kappa shape index (κ3) is 5.90. The molecule has 11 nitrogen and oxygen atoms in total. The number of primary amides is 1. The van der Waals surface area contributed by atoms with E-state index < -0.39 is 23.7 Å². The van der Waals surface area contributed by atoms with Crippen LogP contribution < -0.4 is 16.4 Å². The third-order valence-corrected chi connectivity index (χ3v) is 5.65. The van der Waals surface area contributed by atoms with E-state index in [4.69, 9.17) is 5.73 Å². The van der Waals surface area contributed by atoms with Gasteiger partial charge in [0, 0.05) is 24.4 Å². The molecule has 0 aliphatic carbocycles. The number of hydrogen-bond donors (Lipinski definition) is 2. The van der Waals surface area contributed by atoms with E-state index >= 15 is 0 Å². The number of carbonyl (C=O) groups excluding carboxylic acids is 3. The van der Waals surface area contributed by atoms with Crippen LogP contribution in [0.15, 0.2) is 36.5 Å². The van der Waals surface area contributed by atoms with E-state index in [-0.39, 0.29) is 29.3 Å². The number of amides is 2. The van der Waals surface area contributed by atoms with Crippen molar-refractivity contribution in [1.82, 2.24) is 24.7 Å². The molecule has 4 rings (SSSR count). The first-order valence-corrected chi connectivity index (χ1v) is 11.4. The van der Waals surface area contributed by atoms with Gasteiger partial charge in [0.2, 0.25) is 0 Å². The molecule has 4 aromatic rings. The van der Waals surface area contributed by atoms with E-state index in [1.54, 1.807) is 25.1 Å². The van der Waals surface area contributed by atoms with Gasteiger partial charge in [-0.25, -0.2) is 15.0 Å². The molecule has 0 fully saturated rings. The minimum Gasteiger partial charge on any atom is -0.364 e. The van der Waals surface area contributed by atoms with Gasteiger partial charge in [-0.2, -0.15) is 18.3 Å². The average Bonchev–Trinajstić information content (AvgIpc) is 3.33. The fourth-order valence-electron chi connectivity index (χ4n) is 3.84. The molecule has 0 aliphatic rings. The summed E-state index contributed by atoms with van der Waals surface area (Å²) in [7, 11) is 3.02. The largest absolute Gasteiger partial charge is 0.433 e.